The molecule has 0 saturated carbocycles. The third-order valence-corrected chi connectivity index (χ3v) is 5.55. The maximum Gasteiger partial charge on any atom is 0.262 e. The first kappa shape index (κ1) is 16.4. The summed E-state index contributed by atoms with van der Waals surface area (Å²) in [6, 6.07) is 6.79. The van der Waals surface area contributed by atoms with E-state index in [1.807, 2.05) is 19.1 Å². The summed E-state index contributed by atoms with van der Waals surface area (Å²) in [5.41, 5.74) is 4.33. The minimum atomic E-state index is -3.68. The second-order valence-electron chi connectivity index (χ2n) is 5.72. The van der Waals surface area contributed by atoms with Crippen LogP contribution in [0.4, 0.5) is 5.69 Å². The number of nitrogens with one attached hydrogen (secondary N) is 1. The van der Waals surface area contributed by atoms with Gasteiger partial charge in [0.2, 0.25) is 0 Å². The Morgan fingerprint density at radius 2 is 1.45 bits per heavy atom. The highest BCUT2D eigenvalue weighted by molar-refractivity contribution is 7.92. The van der Waals surface area contributed by atoms with Crippen molar-refractivity contribution in [3.8, 4) is 5.75 Å². The lowest BCUT2D eigenvalue weighted by atomic mass is 10.1. The molecule has 0 radical (unpaired) electrons. The molecular formula is C17H21NO3S. The van der Waals surface area contributed by atoms with Crippen molar-refractivity contribution in [1.82, 2.24) is 0 Å². The van der Waals surface area contributed by atoms with Crippen molar-refractivity contribution in [1.29, 1.82) is 0 Å². The average Bonchev–Trinajstić information content (AvgIpc) is 2.38. The zero-order valence-electron chi connectivity index (χ0n) is 13.5. The van der Waals surface area contributed by atoms with Gasteiger partial charge in [0.25, 0.3) is 10.0 Å². The Morgan fingerprint density at radius 3 is 2.00 bits per heavy atom. The van der Waals surface area contributed by atoms with Gasteiger partial charge in [-0.2, -0.15) is 0 Å². The predicted molar refractivity (Wildman–Crippen MR) is 89.0 cm³/mol. The van der Waals surface area contributed by atoms with Gasteiger partial charge < -0.3 is 5.11 Å². The Kier molecular flexibility index (Phi) is 4.20. The summed E-state index contributed by atoms with van der Waals surface area (Å²) >= 11 is 0. The normalized spacial score (nSPS) is 11.5. The van der Waals surface area contributed by atoms with Crippen LogP contribution in [0.3, 0.4) is 0 Å². The fourth-order valence-electron chi connectivity index (χ4n) is 2.70. The van der Waals surface area contributed by atoms with Crippen molar-refractivity contribution in [2.75, 3.05) is 4.72 Å². The molecule has 0 atom stereocenters. The van der Waals surface area contributed by atoms with Gasteiger partial charge in [0.15, 0.2) is 0 Å². The summed E-state index contributed by atoms with van der Waals surface area (Å²) in [5.74, 6) is 0.156. The molecule has 4 nitrogen and oxygen atoms in total. The zero-order chi connectivity index (χ0) is 16.7. The Morgan fingerprint density at radius 1 is 0.909 bits per heavy atom. The summed E-state index contributed by atoms with van der Waals surface area (Å²) in [7, 11) is -3.68. The molecule has 0 aliphatic rings. The van der Waals surface area contributed by atoms with E-state index in [1.165, 1.54) is 6.07 Å². The van der Waals surface area contributed by atoms with E-state index < -0.39 is 10.0 Å². The molecule has 0 aromatic heterocycles. The van der Waals surface area contributed by atoms with Gasteiger partial charge in [0, 0.05) is 0 Å². The number of anilines is 1. The van der Waals surface area contributed by atoms with E-state index in [0.717, 1.165) is 16.7 Å². The number of hydrogen-bond donors (Lipinski definition) is 2. The topological polar surface area (TPSA) is 66.4 Å². The van der Waals surface area contributed by atoms with E-state index in [1.54, 1.807) is 33.8 Å². The Bertz CT molecular complexity index is 816. The zero-order valence-corrected chi connectivity index (χ0v) is 14.3. The highest BCUT2D eigenvalue weighted by atomic mass is 32.2. The molecule has 0 unspecified atom stereocenters. The quantitative estimate of drug-likeness (QED) is 0.847. The molecule has 0 amide bonds. The molecule has 0 aliphatic carbocycles. The lowest BCUT2D eigenvalue weighted by Crippen LogP contribution is -2.16. The summed E-state index contributed by atoms with van der Waals surface area (Å²) in [6.07, 6.45) is 0. The van der Waals surface area contributed by atoms with Crippen LogP contribution in [0.2, 0.25) is 0 Å². The number of sulfonamides is 1. The molecule has 5 heteroatoms. The smallest absolute Gasteiger partial charge is 0.262 e. The molecule has 0 spiro atoms. The van der Waals surface area contributed by atoms with Crippen LogP contribution in [0.5, 0.6) is 5.75 Å². The van der Waals surface area contributed by atoms with Gasteiger partial charge in [-0.3, -0.25) is 4.72 Å². The summed E-state index contributed by atoms with van der Waals surface area (Å²) in [5, 5.41) is 9.68. The summed E-state index contributed by atoms with van der Waals surface area (Å²) in [4.78, 5) is 0.309. The second-order valence-corrected chi connectivity index (χ2v) is 7.33. The lowest BCUT2D eigenvalue weighted by Gasteiger charge is -2.16. The molecule has 0 bridgehead atoms. The standard InChI is InChI=1S/C17H21NO3S/c1-10-8-11(2)17(12(3)9-10)22(20,21)18-15-6-7-16(19)14(5)13(15)4/h6-9,18-19H,1-5H3. The number of benzene rings is 2. The van der Waals surface area contributed by atoms with Crippen LogP contribution in [-0.2, 0) is 10.0 Å². The van der Waals surface area contributed by atoms with Gasteiger partial charge in [0.05, 0.1) is 10.6 Å². The van der Waals surface area contributed by atoms with Crippen LogP contribution in [-0.4, -0.2) is 13.5 Å². The van der Waals surface area contributed by atoms with Gasteiger partial charge in [-0.05, 0) is 69.0 Å². The molecule has 22 heavy (non-hydrogen) atoms. The highest BCUT2D eigenvalue weighted by Crippen LogP contribution is 2.29. The number of phenols is 1. The Hall–Kier alpha value is -2.01. The summed E-state index contributed by atoms with van der Waals surface area (Å²) in [6.45, 7) is 9.07. The molecule has 0 saturated heterocycles. The molecular weight excluding hydrogens is 298 g/mol. The van der Waals surface area contributed by atoms with E-state index in [2.05, 4.69) is 4.72 Å². The first-order valence-electron chi connectivity index (χ1n) is 7.03. The second kappa shape index (κ2) is 5.65. The van der Waals surface area contributed by atoms with Crippen molar-refractivity contribution in [2.24, 2.45) is 0 Å². The van der Waals surface area contributed by atoms with Crippen LogP contribution in [0, 0.1) is 34.6 Å². The van der Waals surface area contributed by atoms with E-state index in [-0.39, 0.29) is 5.75 Å². The van der Waals surface area contributed by atoms with Gasteiger partial charge in [-0.15, -0.1) is 0 Å². The van der Waals surface area contributed by atoms with Gasteiger partial charge in [-0.1, -0.05) is 17.7 Å². The predicted octanol–water partition coefficient (Wildman–Crippen LogP) is 3.74. The van der Waals surface area contributed by atoms with Crippen LogP contribution >= 0.6 is 0 Å². The first-order valence-corrected chi connectivity index (χ1v) is 8.51. The lowest BCUT2D eigenvalue weighted by molar-refractivity contribution is 0.470. The Balaban J connectivity index is 2.52. The van der Waals surface area contributed by atoms with Crippen molar-refractivity contribution >= 4 is 15.7 Å². The van der Waals surface area contributed by atoms with Crippen molar-refractivity contribution in [3.05, 3.63) is 52.1 Å². The van der Waals surface area contributed by atoms with Gasteiger partial charge in [-0.25, -0.2) is 8.42 Å². The molecule has 2 aromatic rings. The summed E-state index contributed by atoms with van der Waals surface area (Å²) < 4.78 is 28.1. The van der Waals surface area contributed by atoms with Crippen LogP contribution < -0.4 is 4.72 Å². The number of rotatable bonds is 3. The monoisotopic (exact) mass is 319 g/mol. The van der Waals surface area contributed by atoms with Crippen LogP contribution in [0.1, 0.15) is 27.8 Å². The number of phenolic OH excluding ortho intramolecular Hbond substituents is 1. The number of aryl methyl sites for hydroxylation is 3. The number of aromatic hydroxyl groups is 1. The van der Waals surface area contributed by atoms with E-state index >= 15 is 0 Å². The van der Waals surface area contributed by atoms with E-state index in [0.29, 0.717) is 21.7 Å². The minimum Gasteiger partial charge on any atom is -0.508 e. The number of hydrogen-bond acceptors (Lipinski definition) is 3. The highest BCUT2D eigenvalue weighted by Gasteiger charge is 2.21. The maximum absolute atomic E-state index is 12.7. The molecule has 0 heterocycles. The molecule has 118 valence electrons. The molecule has 2 aromatic carbocycles. The molecule has 0 aliphatic heterocycles. The minimum absolute atomic E-state index is 0.156. The van der Waals surface area contributed by atoms with Crippen molar-refractivity contribution in [2.45, 2.75) is 39.5 Å². The van der Waals surface area contributed by atoms with Gasteiger partial charge >= 0.3 is 0 Å². The first-order chi connectivity index (χ1) is 10.1. The van der Waals surface area contributed by atoms with Crippen LogP contribution in [0.15, 0.2) is 29.2 Å². The fraction of sp³-hybridized carbons (Fsp3) is 0.294. The van der Waals surface area contributed by atoms with E-state index in [4.69, 9.17) is 0 Å². The van der Waals surface area contributed by atoms with E-state index in [9.17, 15) is 13.5 Å². The van der Waals surface area contributed by atoms with Crippen molar-refractivity contribution < 1.29 is 13.5 Å². The average molecular weight is 319 g/mol. The third-order valence-electron chi connectivity index (χ3n) is 3.88. The molecule has 2 rings (SSSR count). The maximum atomic E-state index is 12.7. The molecule has 0 fully saturated rings. The molecule has 2 N–H and O–H groups in total. The SMILES string of the molecule is Cc1cc(C)c(S(=O)(=O)Nc2ccc(O)c(C)c2C)c(C)c1. The van der Waals surface area contributed by atoms with Crippen LogP contribution in [0.25, 0.3) is 0 Å². The van der Waals surface area contributed by atoms with Crippen molar-refractivity contribution in [3.63, 3.8) is 0 Å². The van der Waals surface area contributed by atoms with Gasteiger partial charge in [0.1, 0.15) is 5.75 Å². The third kappa shape index (κ3) is 2.95. The fourth-order valence-corrected chi connectivity index (χ4v) is 4.28. The Labute approximate surface area is 131 Å². The largest absolute Gasteiger partial charge is 0.508 e.